The maximum absolute atomic E-state index is 5.59. The van der Waals surface area contributed by atoms with E-state index in [4.69, 9.17) is 5.73 Å². The number of nitrogens with zero attached hydrogens (tertiary/aromatic N) is 4. The summed E-state index contributed by atoms with van der Waals surface area (Å²) in [6.07, 6.45) is 9.12. The second-order valence-corrected chi connectivity index (χ2v) is 8.16. The second kappa shape index (κ2) is 7.61. The first kappa shape index (κ1) is 18.3. The molecule has 1 aliphatic carbocycles. The number of nitrogens with one attached hydrogen (secondary N) is 2. The molecule has 4 aromatic rings. The molecule has 4 N–H and O–H groups in total. The molecule has 1 saturated carbocycles. The molecular weight excluding hydrogens is 430 g/mol. The summed E-state index contributed by atoms with van der Waals surface area (Å²) in [5.41, 5.74) is 10.7. The Morgan fingerprint density at radius 2 is 1.93 bits per heavy atom. The Morgan fingerprint density at radius 3 is 2.69 bits per heavy atom. The van der Waals surface area contributed by atoms with E-state index in [1.54, 1.807) is 0 Å². The number of aromatic amines is 1. The number of hydrogen-bond donors (Lipinski definition) is 3. The van der Waals surface area contributed by atoms with Gasteiger partial charge in [0.05, 0.1) is 23.8 Å². The van der Waals surface area contributed by atoms with Crippen LogP contribution >= 0.6 is 15.9 Å². The molecule has 8 heteroatoms. The van der Waals surface area contributed by atoms with Crippen LogP contribution in [0.2, 0.25) is 0 Å². The molecule has 7 nitrogen and oxygen atoms in total. The van der Waals surface area contributed by atoms with Gasteiger partial charge in [-0.1, -0.05) is 24.3 Å². The number of hydrogen-bond acceptors (Lipinski definition) is 5. The van der Waals surface area contributed by atoms with E-state index < -0.39 is 0 Å². The smallest absolute Gasteiger partial charge is 0.180 e. The monoisotopic (exact) mass is 451 g/mol. The number of nitrogens with two attached hydrogens (primary N) is 1. The second-order valence-electron chi connectivity index (χ2n) is 7.35. The van der Waals surface area contributed by atoms with Gasteiger partial charge in [-0.25, -0.2) is 15.0 Å². The van der Waals surface area contributed by atoms with Gasteiger partial charge in [-0.2, -0.15) is 0 Å². The largest absolute Gasteiger partial charge is 0.367 e. The highest BCUT2D eigenvalue weighted by Gasteiger charge is 2.26. The molecule has 0 saturated heterocycles. The molecule has 3 aromatic heterocycles. The molecule has 0 radical (unpaired) electrons. The minimum atomic E-state index is 0.626. The first-order chi connectivity index (χ1) is 14.2. The van der Waals surface area contributed by atoms with Gasteiger partial charge in [0, 0.05) is 24.2 Å². The van der Waals surface area contributed by atoms with Crippen LogP contribution in [0.25, 0.3) is 28.2 Å². The Morgan fingerprint density at radius 1 is 1.14 bits per heavy atom. The van der Waals surface area contributed by atoms with Crippen LogP contribution in [-0.4, -0.2) is 37.4 Å². The quantitative estimate of drug-likeness (QED) is 0.366. The maximum atomic E-state index is 5.59. The highest BCUT2D eigenvalue weighted by Crippen LogP contribution is 2.39. The average Bonchev–Trinajstić information content (AvgIpc) is 3.31. The van der Waals surface area contributed by atoms with Crippen LogP contribution in [0.15, 0.2) is 47.5 Å². The first-order valence-electron chi connectivity index (χ1n) is 9.86. The van der Waals surface area contributed by atoms with Gasteiger partial charge in [-0.15, -0.1) is 0 Å². The summed E-state index contributed by atoms with van der Waals surface area (Å²) in [6.45, 7) is 1.40. The molecule has 1 fully saturated rings. The van der Waals surface area contributed by atoms with Gasteiger partial charge in [0.1, 0.15) is 10.4 Å². The van der Waals surface area contributed by atoms with Crippen LogP contribution in [0.3, 0.4) is 0 Å². The van der Waals surface area contributed by atoms with Crippen molar-refractivity contribution < 1.29 is 0 Å². The van der Waals surface area contributed by atoms with Gasteiger partial charge in [0.15, 0.2) is 11.5 Å². The van der Waals surface area contributed by atoms with Gasteiger partial charge >= 0.3 is 0 Å². The number of halogens is 1. The zero-order valence-electron chi connectivity index (χ0n) is 15.9. The van der Waals surface area contributed by atoms with E-state index in [-0.39, 0.29) is 0 Å². The van der Waals surface area contributed by atoms with Crippen LogP contribution in [-0.2, 0) is 0 Å². The predicted molar refractivity (Wildman–Crippen MR) is 118 cm³/mol. The molecule has 1 aromatic carbocycles. The third kappa shape index (κ3) is 3.65. The van der Waals surface area contributed by atoms with Gasteiger partial charge < -0.3 is 16.0 Å². The predicted octanol–water partition coefficient (Wildman–Crippen LogP) is 4.19. The zero-order chi connectivity index (χ0) is 19.8. The molecule has 0 spiro atoms. The molecule has 3 heterocycles. The van der Waals surface area contributed by atoms with Crippen LogP contribution in [0.1, 0.15) is 31.0 Å². The Hall–Kier alpha value is -2.71. The number of rotatable bonds is 7. The summed E-state index contributed by atoms with van der Waals surface area (Å²) in [4.78, 5) is 17.1. The molecule has 0 amide bonds. The number of H-pyrrole nitrogens is 1. The molecule has 0 aliphatic heterocycles. The van der Waals surface area contributed by atoms with Crippen molar-refractivity contribution in [3.63, 3.8) is 0 Å². The molecule has 29 heavy (non-hydrogen) atoms. The van der Waals surface area contributed by atoms with Gasteiger partial charge in [0.2, 0.25) is 0 Å². The van der Waals surface area contributed by atoms with Crippen LogP contribution < -0.4 is 11.1 Å². The third-order valence-corrected chi connectivity index (χ3v) is 5.57. The van der Waals surface area contributed by atoms with Crippen molar-refractivity contribution in [2.75, 3.05) is 18.4 Å². The minimum Gasteiger partial charge on any atom is -0.367 e. The highest BCUT2D eigenvalue weighted by atomic mass is 79.9. The summed E-state index contributed by atoms with van der Waals surface area (Å²) in [6, 6.07) is 8.48. The van der Waals surface area contributed by atoms with Gasteiger partial charge in [-0.05, 0) is 47.3 Å². The van der Waals surface area contributed by atoms with Crippen molar-refractivity contribution in [2.45, 2.75) is 25.2 Å². The number of benzene rings is 1. The molecule has 0 atom stereocenters. The first-order valence-corrected chi connectivity index (χ1v) is 10.7. The lowest BCUT2D eigenvalue weighted by Crippen LogP contribution is -2.10. The average molecular weight is 452 g/mol. The summed E-state index contributed by atoms with van der Waals surface area (Å²) < 4.78 is 2.80. The van der Waals surface area contributed by atoms with Crippen molar-refractivity contribution >= 4 is 27.4 Å². The fraction of sp³-hybridized carbons (Fsp3) is 0.286. The zero-order valence-corrected chi connectivity index (χ0v) is 17.5. The van der Waals surface area contributed by atoms with Gasteiger partial charge in [0.25, 0.3) is 0 Å². The Kier molecular flexibility index (Phi) is 4.81. The van der Waals surface area contributed by atoms with E-state index in [9.17, 15) is 0 Å². The van der Waals surface area contributed by atoms with E-state index in [0.717, 1.165) is 57.4 Å². The van der Waals surface area contributed by atoms with Crippen molar-refractivity contribution in [3.05, 3.63) is 53.3 Å². The van der Waals surface area contributed by atoms with E-state index in [0.29, 0.717) is 12.5 Å². The molecule has 0 unspecified atom stereocenters. The van der Waals surface area contributed by atoms with E-state index in [2.05, 4.69) is 69.8 Å². The topological polar surface area (TPSA) is 96.9 Å². The van der Waals surface area contributed by atoms with E-state index >= 15 is 0 Å². The fourth-order valence-electron chi connectivity index (χ4n) is 3.47. The molecular formula is C21H22BrN7. The molecule has 0 bridgehead atoms. The third-order valence-electron chi connectivity index (χ3n) is 5.19. The highest BCUT2D eigenvalue weighted by molar-refractivity contribution is 9.10. The lowest BCUT2D eigenvalue weighted by atomic mass is 10.1. The summed E-state index contributed by atoms with van der Waals surface area (Å²) >= 11 is 3.51. The Balaban J connectivity index is 1.45. The maximum Gasteiger partial charge on any atom is 0.180 e. The van der Waals surface area contributed by atoms with Crippen LogP contribution in [0.4, 0.5) is 5.82 Å². The normalized spacial score (nSPS) is 13.9. The van der Waals surface area contributed by atoms with E-state index in [1.165, 1.54) is 12.8 Å². The Labute approximate surface area is 176 Å². The molecule has 5 rings (SSSR count). The van der Waals surface area contributed by atoms with Crippen molar-refractivity contribution in [1.82, 2.24) is 24.3 Å². The number of aromatic nitrogens is 5. The van der Waals surface area contributed by atoms with E-state index in [1.807, 2.05) is 18.6 Å². The van der Waals surface area contributed by atoms with Crippen molar-refractivity contribution in [2.24, 2.45) is 5.73 Å². The Bertz CT molecular complexity index is 1140. The SMILES string of the molecule is NCCCNc1nc(Br)cn2c(-c3ccc(-c4cnc(C5CC5)[nH]4)cc3)cnc12. The summed E-state index contributed by atoms with van der Waals surface area (Å²) in [5.74, 6) is 2.49. The summed E-state index contributed by atoms with van der Waals surface area (Å²) in [7, 11) is 0. The number of imidazole rings is 2. The van der Waals surface area contributed by atoms with Gasteiger partial charge in [-0.3, -0.25) is 4.40 Å². The molecule has 1 aliphatic rings. The summed E-state index contributed by atoms with van der Waals surface area (Å²) in [5, 5.41) is 3.33. The van der Waals surface area contributed by atoms with Crippen LogP contribution in [0, 0.1) is 0 Å². The lowest BCUT2D eigenvalue weighted by Gasteiger charge is -2.09. The lowest BCUT2D eigenvalue weighted by molar-refractivity contribution is 0.868. The number of anilines is 1. The molecule has 148 valence electrons. The minimum absolute atomic E-state index is 0.626. The standard InChI is InChI=1S/C21H22BrN7/c22-18-12-29-17(11-26-21(29)20(28-18)24-9-1-8-23)14-4-2-13(3-5-14)16-10-25-19(27-16)15-6-7-15/h2-5,10-12,15H,1,6-9,23H2,(H,24,28)(H,25,27). The van der Waals surface area contributed by atoms with Crippen molar-refractivity contribution in [3.8, 4) is 22.5 Å². The van der Waals surface area contributed by atoms with Crippen LogP contribution in [0.5, 0.6) is 0 Å². The fourth-order valence-corrected chi connectivity index (χ4v) is 3.85. The van der Waals surface area contributed by atoms with Crippen molar-refractivity contribution in [1.29, 1.82) is 0 Å². The number of fused-ring (bicyclic) bond motifs is 1.